The number of rotatable bonds is 3. The number of pyridine rings is 1. The summed E-state index contributed by atoms with van der Waals surface area (Å²) in [6.07, 6.45) is 3.85. The predicted octanol–water partition coefficient (Wildman–Crippen LogP) is 2.52. The Morgan fingerprint density at radius 2 is 1.90 bits per heavy atom. The van der Waals surface area contributed by atoms with Crippen LogP contribution in [0.5, 0.6) is 0 Å². The van der Waals surface area contributed by atoms with Gasteiger partial charge in [-0.05, 0) is 42.7 Å². The molecular formula is C22H30ClN5O3. The molecule has 1 spiro atoms. The van der Waals surface area contributed by atoms with Gasteiger partial charge >= 0.3 is 6.03 Å². The number of hydrogen-bond donors (Lipinski definition) is 1. The zero-order valence-electron chi connectivity index (χ0n) is 18.4. The zero-order valence-corrected chi connectivity index (χ0v) is 19.1. The van der Waals surface area contributed by atoms with Gasteiger partial charge in [0, 0.05) is 32.4 Å². The molecular weight excluding hydrogens is 418 g/mol. The van der Waals surface area contributed by atoms with E-state index in [1.807, 2.05) is 6.07 Å². The van der Waals surface area contributed by atoms with Gasteiger partial charge in [0.25, 0.3) is 5.91 Å². The Bertz CT molecular complexity index is 882. The Kier molecular flexibility index (Phi) is 5.62. The first-order valence-electron chi connectivity index (χ1n) is 10.9. The Balaban J connectivity index is 1.37. The topological polar surface area (TPSA) is 85.8 Å². The van der Waals surface area contributed by atoms with Crippen LogP contribution in [-0.2, 0) is 9.59 Å². The second kappa shape index (κ2) is 7.97. The molecule has 31 heavy (non-hydrogen) atoms. The number of aromatic nitrogens is 1. The van der Waals surface area contributed by atoms with Crippen LogP contribution in [0.15, 0.2) is 18.3 Å². The number of carbonyl (C=O) groups excluding carboxylic acids is 3. The minimum atomic E-state index is -0.877. The third kappa shape index (κ3) is 4.35. The van der Waals surface area contributed by atoms with E-state index in [-0.39, 0.29) is 23.8 Å². The van der Waals surface area contributed by atoms with Crippen LogP contribution >= 0.6 is 11.6 Å². The summed E-state index contributed by atoms with van der Waals surface area (Å²) < 4.78 is 0. The molecule has 2 unspecified atom stereocenters. The van der Waals surface area contributed by atoms with E-state index >= 15 is 0 Å². The first kappa shape index (κ1) is 21.9. The summed E-state index contributed by atoms with van der Waals surface area (Å²) >= 11 is 5.90. The fourth-order valence-corrected chi connectivity index (χ4v) is 5.74. The molecule has 3 aliphatic rings. The van der Waals surface area contributed by atoms with Crippen molar-refractivity contribution in [3.8, 4) is 0 Å². The normalized spacial score (nSPS) is 28.3. The lowest BCUT2D eigenvalue weighted by atomic mass is 9.64. The average Bonchev–Trinajstić information content (AvgIpc) is 2.90. The van der Waals surface area contributed by atoms with Gasteiger partial charge in [0.15, 0.2) is 0 Å². The highest BCUT2D eigenvalue weighted by atomic mass is 35.5. The summed E-state index contributed by atoms with van der Waals surface area (Å²) in [7, 11) is 0. The molecule has 2 aliphatic heterocycles. The van der Waals surface area contributed by atoms with Crippen molar-refractivity contribution in [2.75, 3.05) is 37.6 Å². The largest absolute Gasteiger partial charge is 0.353 e. The SMILES string of the molecule is CC1CC(C)(C)CC2(C1)NC(=O)N(CC(=O)N1CCN(c3ccc(Cl)cn3)CC1)C2=O. The molecule has 1 N–H and O–H groups in total. The molecule has 8 nitrogen and oxygen atoms in total. The lowest BCUT2D eigenvalue weighted by Crippen LogP contribution is -2.55. The number of carbonyl (C=O) groups is 3. The highest BCUT2D eigenvalue weighted by Gasteiger charge is 2.56. The number of hydrogen-bond acceptors (Lipinski definition) is 5. The molecule has 4 amide bonds. The second-order valence-electron chi connectivity index (χ2n) is 9.96. The number of nitrogens with zero attached hydrogens (tertiary/aromatic N) is 4. The Labute approximate surface area is 187 Å². The molecule has 4 rings (SSSR count). The molecule has 1 aromatic rings. The monoisotopic (exact) mass is 447 g/mol. The number of nitrogens with one attached hydrogen (secondary N) is 1. The highest BCUT2D eigenvalue weighted by molar-refractivity contribution is 6.30. The number of imide groups is 1. The summed E-state index contributed by atoms with van der Waals surface area (Å²) in [6, 6.07) is 3.20. The van der Waals surface area contributed by atoms with Crippen molar-refractivity contribution < 1.29 is 14.4 Å². The van der Waals surface area contributed by atoms with E-state index in [1.165, 1.54) is 0 Å². The van der Waals surface area contributed by atoms with Crippen molar-refractivity contribution in [1.29, 1.82) is 0 Å². The number of piperazine rings is 1. The lowest BCUT2D eigenvalue weighted by Gasteiger charge is -2.43. The maximum absolute atomic E-state index is 13.3. The fraction of sp³-hybridized carbons (Fsp3) is 0.636. The summed E-state index contributed by atoms with van der Waals surface area (Å²) in [6.45, 7) is 8.47. The van der Waals surface area contributed by atoms with Crippen LogP contribution in [-0.4, -0.2) is 70.9 Å². The first-order valence-corrected chi connectivity index (χ1v) is 11.2. The van der Waals surface area contributed by atoms with E-state index in [0.717, 1.165) is 17.1 Å². The van der Waals surface area contributed by atoms with Gasteiger partial charge in [-0.15, -0.1) is 0 Å². The first-order chi connectivity index (χ1) is 14.6. The molecule has 2 saturated heterocycles. The molecule has 3 fully saturated rings. The molecule has 1 saturated carbocycles. The fourth-order valence-electron chi connectivity index (χ4n) is 5.62. The minimum absolute atomic E-state index is 0.0351. The predicted molar refractivity (Wildman–Crippen MR) is 118 cm³/mol. The molecule has 0 aromatic carbocycles. The van der Waals surface area contributed by atoms with Crippen LogP contribution in [0, 0.1) is 11.3 Å². The van der Waals surface area contributed by atoms with Crippen LogP contribution in [0.2, 0.25) is 5.02 Å². The van der Waals surface area contributed by atoms with Crippen LogP contribution in [0.25, 0.3) is 0 Å². The summed E-state index contributed by atoms with van der Waals surface area (Å²) in [5.74, 6) is 0.696. The van der Waals surface area contributed by atoms with Crippen LogP contribution < -0.4 is 10.2 Å². The van der Waals surface area contributed by atoms with Gasteiger partial charge in [-0.25, -0.2) is 9.78 Å². The summed E-state index contributed by atoms with van der Waals surface area (Å²) in [4.78, 5) is 48.1. The number of urea groups is 1. The minimum Gasteiger partial charge on any atom is -0.353 e. The van der Waals surface area contributed by atoms with E-state index in [9.17, 15) is 14.4 Å². The van der Waals surface area contributed by atoms with Gasteiger partial charge in [0.05, 0.1) is 5.02 Å². The zero-order chi connectivity index (χ0) is 22.4. The Morgan fingerprint density at radius 3 is 2.52 bits per heavy atom. The number of anilines is 1. The van der Waals surface area contributed by atoms with Gasteiger partial charge in [0.1, 0.15) is 17.9 Å². The maximum atomic E-state index is 13.3. The number of amides is 4. The molecule has 1 aliphatic carbocycles. The second-order valence-corrected chi connectivity index (χ2v) is 10.4. The van der Waals surface area contributed by atoms with Crippen molar-refractivity contribution in [3.63, 3.8) is 0 Å². The Hall–Kier alpha value is -2.35. The lowest BCUT2D eigenvalue weighted by molar-refractivity contribution is -0.140. The number of halogens is 1. The third-order valence-corrected chi connectivity index (χ3v) is 6.81. The summed E-state index contributed by atoms with van der Waals surface area (Å²) in [5.41, 5.74) is -0.913. The van der Waals surface area contributed by atoms with E-state index in [4.69, 9.17) is 11.6 Å². The van der Waals surface area contributed by atoms with Crippen molar-refractivity contribution >= 4 is 35.3 Å². The van der Waals surface area contributed by atoms with Gasteiger partial charge < -0.3 is 15.1 Å². The van der Waals surface area contributed by atoms with Crippen LogP contribution in [0.1, 0.15) is 40.0 Å². The molecule has 1 aromatic heterocycles. The average molecular weight is 448 g/mol. The summed E-state index contributed by atoms with van der Waals surface area (Å²) in [5, 5.41) is 3.52. The van der Waals surface area contributed by atoms with Gasteiger partial charge in [-0.2, -0.15) is 0 Å². The molecule has 9 heteroatoms. The van der Waals surface area contributed by atoms with Crippen molar-refractivity contribution in [3.05, 3.63) is 23.4 Å². The van der Waals surface area contributed by atoms with Gasteiger partial charge in [0.2, 0.25) is 5.91 Å². The third-order valence-electron chi connectivity index (χ3n) is 6.59. The van der Waals surface area contributed by atoms with E-state index in [1.54, 1.807) is 17.2 Å². The van der Waals surface area contributed by atoms with Gasteiger partial charge in [-0.3, -0.25) is 14.5 Å². The molecule has 0 radical (unpaired) electrons. The highest BCUT2D eigenvalue weighted by Crippen LogP contribution is 2.46. The maximum Gasteiger partial charge on any atom is 0.325 e. The smallest absolute Gasteiger partial charge is 0.325 e. The van der Waals surface area contributed by atoms with Gasteiger partial charge in [-0.1, -0.05) is 32.4 Å². The van der Waals surface area contributed by atoms with Crippen LogP contribution in [0.3, 0.4) is 0 Å². The van der Waals surface area contributed by atoms with E-state index in [0.29, 0.717) is 50.0 Å². The standard InChI is InChI=1S/C22H30ClN5O3/c1-15-10-21(2,3)14-22(11-15)19(30)28(20(31)25-22)13-18(29)27-8-6-26(7-9-27)17-5-4-16(23)12-24-17/h4-5,12,15H,6-11,13-14H2,1-3H3,(H,25,31). The van der Waals surface area contributed by atoms with Crippen molar-refractivity contribution in [2.45, 2.75) is 45.6 Å². The quantitative estimate of drug-likeness (QED) is 0.719. The molecule has 2 atom stereocenters. The molecule has 0 bridgehead atoms. The van der Waals surface area contributed by atoms with Crippen molar-refractivity contribution in [1.82, 2.24) is 20.1 Å². The van der Waals surface area contributed by atoms with Crippen molar-refractivity contribution in [2.24, 2.45) is 11.3 Å². The molecule has 3 heterocycles. The van der Waals surface area contributed by atoms with E-state index < -0.39 is 11.6 Å². The van der Waals surface area contributed by atoms with E-state index in [2.05, 4.69) is 36.0 Å². The molecule has 168 valence electrons. The van der Waals surface area contributed by atoms with Crippen LogP contribution in [0.4, 0.5) is 10.6 Å². The Morgan fingerprint density at radius 1 is 1.19 bits per heavy atom.